The molecular formula is C19H23BrN4O3. The Labute approximate surface area is 167 Å². The van der Waals surface area contributed by atoms with E-state index < -0.39 is 0 Å². The number of halogens is 1. The van der Waals surface area contributed by atoms with Crippen LogP contribution in [0.25, 0.3) is 0 Å². The summed E-state index contributed by atoms with van der Waals surface area (Å²) in [5, 5.41) is 8.16. The van der Waals surface area contributed by atoms with E-state index in [2.05, 4.69) is 36.9 Å². The number of nitrogens with zero attached hydrogens (tertiary/aromatic N) is 1. The fourth-order valence-corrected chi connectivity index (χ4v) is 2.43. The molecule has 144 valence electrons. The Morgan fingerprint density at radius 2 is 1.89 bits per heavy atom. The maximum atomic E-state index is 12.0. The molecule has 0 saturated heterocycles. The number of ether oxygens (including phenoxy) is 1. The Kier molecular flexibility index (Phi) is 8.06. The van der Waals surface area contributed by atoms with Gasteiger partial charge in [-0.05, 0) is 44.2 Å². The van der Waals surface area contributed by atoms with Crippen LogP contribution in [0.15, 0.2) is 47.1 Å². The average Bonchev–Trinajstić information content (AvgIpc) is 2.62. The Balaban J connectivity index is 1.70. The first-order valence-electron chi connectivity index (χ1n) is 8.61. The van der Waals surface area contributed by atoms with Crippen molar-refractivity contribution in [2.45, 2.75) is 32.9 Å². The minimum Gasteiger partial charge on any atom is -0.475 e. The van der Waals surface area contributed by atoms with Gasteiger partial charge >= 0.3 is 6.03 Å². The molecule has 1 aromatic heterocycles. The van der Waals surface area contributed by atoms with Gasteiger partial charge in [0.25, 0.3) is 0 Å². The summed E-state index contributed by atoms with van der Waals surface area (Å²) in [5.41, 5.74) is 1.48. The number of hydrogen-bond acceptors (Lipinski definition) is 4. The number of benzene rings is 1. The summed E-state index contributed by atoms with van der Waals surface area (Å²) in [6.07, 6.45) is 1.83. The molecule has 3 amide bonds. The van der Waals surface area contributed by atoms with Gasteiger partial charge in [-0.2, -0.15) is 0 Å². The number of hydrogen-bond donors (Lipinski definition) is 3. The highest BCUT2D eigenvalue weighted by atomic mass is 79.9. The minimum absolute atomic E-state index is 0.00258. The second-order valence-corrected chi connectivity index (χ2v) is 6.96. The molecule has 0 aliphatic heterocycles. The zero-order chi connectivity index (χ0) is 19.6. The van der Waals surface area contributed by atoms with E-state index in [1.54, 1.807) is 24.4 Å². The third-order valence-corrected chi connectivity index (χ3v) is 3.94. The van der Waals surface area contributed by atoms with Crippen LogP contribution < -0.4 is 20.7 Å². The first-order valence-corrected chi connectivity index (χ1v) is 9.41. The molecule has 0 aliphatic carbocycles. The lowest BCUT2D eigenvalue weighted by Crippen LogP contribution is -2.33. The number of rotatable bonds is 8. The van der Waals surface area contributed by atoms with Crippen LogP contribution in [0, 0.1) is 0 Å². The van der Waals surface area contributed by atoms with Crippen molar-refractivity contribution in [1.82, 2.24) is 15.6 Å². The molecule has 1 aromatic carbocycles. The van der Waals surface area contributed by atoms with Crippen molar-refractivity contribution in [3.05, 3.63) is 52.6 Å². The summed E-state index contributed by atoms with van der Waals surface area (Å²) < 4.78 is 6.55. The second-order valence-electron chi connectivity index (χ2n) is 6.05. The third kappa shape index (κ3) is 7.65. The van der Waals surface area contributed by atoms with Crippen LogP contribution in [-0.4, -0.2) is 29.6 Å². The number of pyridine rings is 1. The topological polar surface area (TPSA) is 92.3 Å². The number of anilines is 1. The van der Waals surface area contributed by atoms with Crippen molar-refractivity contribution < 1.29 is 14.3 Å². The summed E-state index contributed by atoms with van der Waals surface area (Å²) >= 11 is 3.33. The Bertz CT molecular complexity index is 766. The van der Waals surface area contributed by atoms with Crippen molar-refractivity contribution >= 4 is 33.6 Å². The Hall–Kier alpha value is -2.61. The molecule has 0 fully saturated rings. The van der Waals surface area contributed by atoms with Gasteiger partial charge in [-0.25, -0.2) is 9.78 Å². The van der Waals surface area contributed by atoms with Crippen LogP contribution in [0.4, 0.5) is 10.5 Å². The van der Waals surface area contributed by atoms with Gasteiger partial charge in [0.15, 0.2) is 0 Å². The van der Waals surface area contributed by atoms with Gasteiger partial charge in [-0.15, -0.1) is 0 Å². The molecule has 0 unspecified atom stereocenters. The first kappa shape index (κ1) is 20.7. The van der Waals surface area contributed by atoms with E-state index in [1.807, 2.05) is 32.0 Å². The largest absolute Gasteiger partial charge is 0.475 e. The number of urea groups is 1. The zero-order valence-corrected chi connectivity index (χ0v) is 16.9. The van der Waals surface area contributed by atoms with Gasteiger partial charge in [0.05, 0.1) is 6.10 Å². The Morgan fingerprint density at radius 3 is 2.59 bits per heavy atom. The van der Waals surface area contributed by atoms with Crippen LogP contribution in [-0.2, 0) is 11.3 Å². The second kappa shape index (κ2) is 10.5. The predicted molar refractivity (Wildman–Crippen MR) is 108 cm³/mol. The quantitative estimate of drug-likeness (QED) is 0.592. The smallest absolute Gasteiger partial charge is 0.319 e. The van der Waals surface area contributed by atoms with Gasteiger partial charge in [0.2, 0.25) is 11.8 Å². The van der Waals surface area contributed by atoms with Crippen molar-refractivity contribution in [3.63, 3.8) is 0 Å². The number of carbonyl (C=O) groups excluding carboxylic acids is 2. The molecular weight excluding hydrogens is 412 g/mol. The van der Waals surface area contributed by atoms with Gasteiger partial charge in [-0.1, -0.05) is 22.0 Å². The average molecular weight is 435 g/mol. The normalized spacial score (nSPS) is 10.4. The van der Waals surface area contributed by atoms with E-state index in [0.29, 0.717) is 18.1 Å². The Morgan fingerprint density at radius 1 is 1.15 bits per heavy atom. The zero-order valence-electron chi connectivity index (χ0n) is 15.3. The molecule has 2 rings (SSSR count). The molecule has 2 aromatic rings. The molecule has 1 heterocycles. The van der Waals surface area contributed by atoms with Crippen LogP contribution in [0.3, 0.4) is 0 Å². The standard InChI is InChI=1S/C19H23BrN4O3/c1-13(2)27-18-14(4-3-10-21-18)12-23-17(25)9-11-22-19(26)24-16-7-5-15(20)6-8-16/h3-8,10,13H,9,11-12H2,1-2H3,(H,23,25)(H2,22,24,26). The molecule has 0 saturated carbocycles. The van der Waals surface area contributed by atoms with Crippen molar-refractivity contribution in [1.29, 1.82) is 0 Å². The molecule has 0 radical (unpaired) electrons. The monoisotopic (exact) mass is 434 g/mol. The van der Waals surface area contributed by atoms with Crippen LogP contribution in [0.5, 0.6) is 5.88 Å². The van der Waals surface area contributed by atoms with Crippen LogP contribution in [0.2, 0.25) is 0 Å². The van der Waals surface area contributed by atoms with Gasteiger partial charge in [0, 0.05) is 41.4 Å². The number of carbonyl (C=O) groups is 2. The number of nitrogens with one attached hydrogen (secondary N) is 3. The summed E-state index contributed by atoms with van der Waals surface area (Å²) in [6.45, 7) is 4.39. The lowest BCUT2D eigenvalue weighted by Gasteiger charge is -2.13. The highest BCUT2D eigenvalue weighted by Gasteiger charge is 2.09. The van der Waals surface area contributed by atoms with Gasteiger partial charge in [0.1, 0.15) is 0 Å². The highest BCUT2D eigenvalue weighted by Crippen LogP contribution is 2.15. The van der Waals surface area contributed by atoms with E-state index in [-0.39, 0.29) is 31.0 Å². The third-order valence-electron chi connectivity index (χ3n) is 3.41. The summed E-state index contributed by atoms with van der Waals surface area (Å²) in [4.78, 5) is 28.0. The summed E-state index contributed by atoms with van der Waals surface area (Å²) in [6, 6.07) is 10.5. The molecule has 3 N–H and O–H groups in total. The van der Waals surface area contributed by atoms with Crippen LogP contribution in [0.1, 0.15) is 25.8 Å². The fourth-order valence-electron chi connectivity index (χ4n) is 2.17. The SMILES string of the molecule is CC(C)Oc1ncccc1CNC(=O)CCNC(=O)Nc1ccc(Br)cc1. The van der Waals surface area contributed by atoms with Gasteiger partial charge in [-0.3, -0.25) is 4.79 Å². The van der Waals surface area contributed by atoms with E-state index >= 15 is 0 Å². The van der Waals surface area contributed by atoms with E-state index in [4.69, 9.17) is 4.74 Å². The molecule has 0 spiro atoms. The van der Waals surface area contributed by atoms with E-state index in [9.17, 15) is 9.59 Å². The summed E-state index contributed by atoms with van der Waals surface area (Å²) in [5.74, 6) is 0.345. The van der Waals surface area contributed by atoms with Gasteiger partial charge < -0.3 is 20.7 Å². The maximum absolute atomic E-state index is 12.0. The minimum atomic E-state index is -0.356. The molecule has 8 heteroatoms. The maximum Gasteiger partial charge on any atom is 0.319 e. The molecule has 7 nitrogen and oxygen atoms in total. The first-order chi connectivity index (χ1) is 12.9. The summed E-state index contributed by atoms with van der Waals surface area (Å²) in [7, 11) is 0. The molecule has 0 bridgehead atoms. The van der Waals surface area contributed by atoms with E-state index in [0.717, 1.165) is 10.0 Å². The van der Waals surface area contributed by atoms with Crippen molar-refractivity contribution in [2.24, 2.45) is 0 Å². The molecule has 0 aliphatic rings. The number of amides is 3. The highest BCUT2D eigenvalue weighted by molar-refractivity contribution is 9.10. The fraction of sp³-hybridized carbons (Fsp3) is 0.316. The lowest BCUT2D eigenvalue weighted by atomic mass is 10.2. The van der Waals surface area contributed by atoms with E-state index in [1.165, 1.54) is 0 Å². The van der Waals surface area contributed by atoms with Crippen LogP contribution >= 0.6 is 15.9 Å². The molecule has 27 heavy (non-hydrogen) atoms. The predicted octanol–water partition coefficient (Wildman–Crippen LogP) is 3.46. The van der Waals surface area contributed by atoms with Crippen molar-refractivity contribution in [2.75, 3.05) is 11.9 Å². The lowest BCUT2D eigenvalue weighted by molar-refractivity contribution is -0.121. The van der Waals surface area contributed by atoms with Crippen molar-refractivity contribution in [3.8, 4) is 5.88 Å². The number of aromatic nitrogens is 1. The molecule has 0 atom stereocenters.